The number of anilines is 1. The van der Waals surface area contributed by atoms with Crippen LogP contribution in [-0.4, -0.2) is 61.6 Å². The average molecular weight is 361 g/mol. The summed E-state index contributed by atoms with van der Waals surface area (Å²) in [5.41, 5.74) is 1.54. The molecule has 1 aliphatic rings. The maximum atomic E-state index is 12.7. The molecule has 26 heavy (non-hydrogen) atoms. The molecule has 1 unspecified atom stereocenters. The number of likely N-dealkylation sites (tertiary alicyclic amines) is 1. The summed E-state index contributed by atoms with van der Waals surface area (Å²) < 4.78 is 5.84. The molecule has 144 valence electrons. The predicted octanol–water partition coefficient (Wildman–Crippen LogP) is 3.13. The highest BCUT2D eigenvalue weighted by Crippen LogP contribution is 2.19. The average Bonchev–Trinajstić information content (AvgIpc) is 2.87. The largest absolute Gasteiger partial charge is 0.378 e. The fraction of sp³-hybridized carbons (Fsp3) is 0.600. The maximum absolute atomic E-state index is 12.7. The van der Waals surface area contributed by atoms with Gasteiger partial charge in [0.1, 0.15) is 0 Å². The van der Waals surface area contributed by atoms with Gasteiger partial charge in [-0.2, -0.15) is 0 Å². The van der Waals surface area contributed by atoms with Crippen LogP contribution in [0, 0.1) is 0 Å². The smallest absolute Gasteiger partial charge is 0.321 e. The highest BCUT2D eigenvalue weighted by molar-refractivity contribution is 5.91. The summed E-state index contributed by atoms with van der Waals surface area (Å²) in [4.78, 5) is 28.1. The van der Waals surface area contributed by atoms with Crippen molar-refractivity contribution in [3.8, 4) is 0 Å². The standard InChI is InChI=1S/C20H31N3O3/c1-4-14-26-17-9-7-12-23(13-11-17)20(25)21-18-10-6-5-8-16(18)15-19(24)22(2)3/h5-6,8,10,17H,4,7,9,11-15H2,1-3H3,(H,21,25). The fourth-order valence-electron chi connectivity index (χ4n) is 3.03. The molecule has 1 atom stereocenters. The van der Waals surface area contributed by atoms with Gasteiger partial charge in [-0.3, -0.25) is 4.79 Å². The van der Waals surface area contributed by atoms with Crippen molar-refractivity contribution in [2.45, 2.75) is 45.1 Å². The van der Waals surface area contributed by atoms with Crippen molar-refractivity contribution >= 4 is 17.6 Å². The highest BCUT2D eigenvalue weighted by atomic mass is 16.5. The van der Waals surface area contributed by atoms with Crippen LogP contribution in [0.15, 0.2) is 24.3 Å². The number of para-hydroxylation sites is 1. The van der Waals surface area contributed by atoms with E-state index in [4.69, 9.17) is 4.74 Å². The lowest BCUT2D eigenvalue weighted by Gasteiger charge is -2.22. The number of benzene rings is 1. The van der Waals surface area contributed by atoms with Gasteiger partial charge in [0.2, 0.25) is 5.91 Å². The Morgan fingerprint density at radius 1 is 1.23 bits per heavy atom. The van der Waals surface area contributed by atoms with Crippen LogP contribution in [0.25, 0.3) is 0 Å². The molecule has 6 heteroatoms. The second kappa shape index (κ2) is 10.2. The lowest BCUT2D eigenvalue weighted by molar-refractivity contribution is -0.127. The minimum absolute atomic E-state index is 0.0115. The summed E-state index contributed by atoms with van der Waals surface area (Å²) in [7, 11) is 3.47. The minimum Gasteiger partial charge on any atom is -0.378 e. The Labute approximate surface area is 156 Å². The molecule has 1 aromatic rings. The van der Waals surface area contributed by atoms with Crippen LogP contribution in [-0.2, 0) is 16.0 Å². The van der Waals surface area contributed by atoms with Crippen molar-refractivity contribution in [3.05, 3.63) is 29.8 Å². The van der Waals surface area contributed by atoms with Gasteiger partial charge in [-0.25, -0.2) is 4.79 Å². The lowest BCUT2D eigenvalue weighted by atomic mass is 10.1. The van der Waals surface area contributed by atoms with Gasteiger partial charge in [-0.1, -0.05) is 25.1 Å². The zero-order valence-corrected chi connectivity index (χ0v) is 16.2. The summed E-state index contributed by atoms with van der Waals surface area (Å²) >= 11 is 0. The molecule has 2 rings (SSSR count). The molecule has 3 amide bonds. The van der Waals surface area contributed by atoms with Crippen LogP contribution in [0.3, 0.4) is 0 Å². The zero-order chi connectivity index (χ0) is 18.9. The quantitative estimate of drug-likeness (QED) is 0.847. The summed E-state index contributed by atoms with van der Waals surface area (Å²) in [6.45, 7) is 4.31. The molecule has 0 aliphatic carbocycles. The Morgan fingerprint density at radius 3 is 2.73 bits per heavy atom. The fourth-order valence-corrected chi connectivity index (χ4v) is 3.03. The monoisotopic (exact) mass is 361 g/mol. The third-order valence-electron chi connectivity index (χ3n) is 4.62. The molecule has 6 nitrogen and oxygen atoms in total. The Bertz CT molecular complexity index is 604. The molecule has 1 fully saturated rings. The predicted molar refractivity (Wildman–Crippen MR) is 103 cm³/mol. The van der Waals surface area contributed by atoms with Gasteiger partial charge < -0.3 is 19.9 Å². The van der Waals surface area contributed by atoms with Gasteiger partial charge in [0.25, 0.3) is 0 Å². The molecular weight excluding hydrogens is 330 g/mol. The Kier molecular flexibility index (Phi) is 7.91. The number of likely N-dealkylation sites (N-methyl/N-ethyl adjacent to an activating group) is 1. The van der Waals surface area contributed by atoms with Crippen molar-refractivity contribution in [2.75, 3.05) is 39.1 Å². The van der Waals surface area contributed by atoms with E-state index < -0.39 is 0 Å². The van der Waals surface area contributed by atoms with Gasteiger partial charge in [0.05, 0.1) is 12.5 Å². The van der Waals surface area contributed by atoms with Crippen molar-refractivity contribution < 1.29 is 14.3 Å². The van der Waals surface area contributed by atoms with Gasteiger partial charge >= 0.3 is 6.03 Å². The number of ether oxygens (including phenoxy) is 1. The van der Waals surface area contributed by atoms with Gasteiger partial charge in [-0.15, -0.1) is 0 Å². The summed E-state index contributed by atoms with van der Waals surface area (Å²) in [5.74, 6) is 0.0115. The molecular formula is C20H31N3O3. The molecule has 0 saturated carbocycles. The number of urea groups is 1. The number of amides is 3. The zero-order valence-electron chi connectivity index (χ0n) is 16.2. The first kappa shape index (κ1) is 20.2. The minimum atomic E-state index is -0.106. The van der Waals surface area contributed by atoms with Crippen LogP contribution < -0.4 is 5.32 Å². The molecule has 1 N–H and O–H groups in total. The topological polar surface area (TPSA) is 61.9 Å². The van der Waals surface area contributed by atoms with E-state index in [0.29, 0.717) is 12.2 Å². The lowest BCUT2D eigenvalue weighted by Crippen LogP contribution is -2.36. The van der Waals surface area contributed by atoms with Crippen molar-refractivity contribution in [1.29, 1.82) is 0 Å². The van der Waals surface area contributed by atoms with E-state index in [-0.39, 0.29) is 24.5 Å². The van der Waals surface area contributed by atoms with Crippen molar-refractivity contribution in [2.24, 2.45) is 0 Å². The third kappa shape index (κ3) is 6.02. The number of nitrogens with one attached hydrogen (secondary N) is 1. The SMILES string of the molecule is CCCOC1CCCN(C(=O)Nc2ccccc2CC(=O)N(C)C)CC1. The molecule has 1 aromatic carbocycles. The van der Waals surface area contributed by atoms with Crippen LogP contribution >= 0.6 is 0 Å². The molecule has 0 radical (unpaired) electrons. The normalized spacial score (nSPS) is 17.5. The number of nitrogens with zero attached hydrogens (tertiary/aromatic N) is 2. The van der Waals surface area contributed by atoms with E-state index in [2.05, 4.69) is 12.2 Å². The number of hydrogen-bond acceptors (Lipinski definition) is 3. The Balaban J connectivity index is 1.96. The van der Waals surface area contributed by atoms with E-state index in [1.54, 1.807) is 19.0 Å². The molecule has 1 heterocycles. The van der Waals surface area contributed by atoms with Crippen LogP contribution in [0.4, 0.5) is 10.5 Å². The number of rotatable bonds is 6. The highest BCUT2D eigenvalue weighted by Gasteiger charge is 2.21. The summed E-state index contributed by atoms with van der Waals surface area (Å²) in [6, 6.07) is 7.38. The van der Waals surface area contributed by atoms with Crippen molar-refractivity contribution in [1.82, 2.24) is 9.80 Å². The second-order valence-corrected chi connectivity index (χ2v) is 6.96. The third-order valence-corrected chi connectivity index (χ3v) is 4.62. The summed E-state index contributed by atoms with van der Waals surface area (Å²) in [6.07, 6.45) is 4.35. The first-order valence-electron chi connectivity index (χ1n) is 9.46. The van der Waals surface area contributed by atoms with Gasteiger partial charge in [0.15, 0.2) is 0 Å². The molecule has 0 spiro atoms. The number of hydrogen-bond donors (Lipinski definition) is 1. The van der Waals surface area contributed by atoms with Gasteiger partial charge in [-0.05, 0) is 37.3 Å². The van der Waals surface area contributed by atoms with E-state index in [1.807, 2.05) is 29.2 Å². The van der Waals surface area contributed by atoms with Crippen LogP contribution in [0.5, 0.6) is 0 Å². The Hall–Kier alpha value is -2.08. The van der Waals surface area contributed by atoms with Crippen LogP contribution in [0.2, 0.25) is 0 Å². The second-order valence-electron chi connectivity index (χ2n) is 6.96. The number of carbonyl (C=O) groups is 2. The first-order valence-corrected chi connectivity index (χ1v) is 9.46. The summed E-state index contributed by atoms with van der Waals surface area (Å²) in [5, 5.41) is 2.99. The molecule has 0 aromatic heterocycles. The van der Waals surface area contributed by atoms with E-state index in [0.717, 1.165) is 44.4 Å². The first-order chi connectivity index (χ1) is 12.5. The van der Waals surface area contributed by atoms with Gasteiger partial charge in [0, 0.05) is 39.5 Å². The van der Waals surface area contributed by atoms with E-state index in [1.165, 1.54) is 0 Å². The van der Waals surface area contributed by atoms with E-state index >= 15 is 0 Å². The van der Waals surface area contributed by atoms with Crippen LogP contribution in [0.1, 0.15) is 38.2 Å². The number of carbonyl (C=O) groups excluding carboxylic acids is 2. The van der Waals surface area contributed by atoms with Crippen molar-refractivity contribution in [3.63, 3.8) is 0 Å². The Morgan fingerprint density at radius 2 is 2.00 bits per heavy atom. The molecule has 0 bridgehead atoms. The van der Waals surface area contributed by atoms with E-state index in [9.17, 15) is 9.59 Å². The molecule has 1 aliphatic heterocycles. The molecule has 1 saturated heterocycles. The maximum Gasteiger partial charge on any atom is 0.321 e.